The molecule has 1 aromatic heterocycles. The van der Waals surface area contributed by atoms with Crippen LogP contribution in [0.2, 0.25) is 0 Å². The molecule has 2 heterocycles. The third-order valence-electron chi connectivity index (χ3n) is 4.00. The molecule has 1 aromatic carbocycles. The quantitative estimate of drug-likeness (QED) is 0.817. The molecular weight excluding hydrogens is 380 g/mol. The molecule has 0 aliphatic carbocycles. The van der Waals surface area contributed by atoms with Crippen molar-refractivity contribution in [2.75, 3.05) is 16.8 Å². The van der Waals surface area contributed by atoms with E-state index in [0.29, 0.717) is 12.5 Å². The van der Waals surface area contributed by atoms with Gasteiger partial charge in [0, 0.05) is 23.9 Å². The van der Waals surface area contributed by atoms with Crippen molar-refractivity contribution >= 4 is 27.3 Å². The first-order valence-electron chi connectivity index (χ1n) is 7.97. The Balaban J connectivity index is 1.71. The molecule has 2 aromatic rings. The van der Waals surface area contributed by atoms with E-state index in [4.69, 9.17) is 0 Å². The van der Waals surface area contributed by atoms with E-state index in [1.165, 1.54) is 18.3 Å². The van der Waals surface area contributed by atoms with E-state index in [-0.39, 0.29) is 28.5 Å². The third-order valence-corrected chi connectivity index (χ3v) is 5.77. The first-order chi connectivity index (χ1) is 12.7. The molecule has 0 saturated carbocycles. The second-order valence-corrected chi connectivity index (χ2v) is 8.31. The Morgan fingerprint density at radius 1 is 1.11 bits per heavy atom. The van der Waals surface area contributed by atoms with Crippen LogP contribution >= 0.6 is 0 Å². The SMILES string of the molecule is O=C(Nc1ccc(F)cc1F)c1ccnc(C(=O)NC2CCS(=O)(=O)C2)c1. The Bertz CT molecular complexity index is 1010. The zero-order valence-electron chi connectivity index (χ0n) is 13.9. The third kappa shape index (κ3) is 4.64. The summed E-state index contributed by atoms with van der Waals surface area (Å²) in [6.07, 6.45) is 1.55. The fourth-order valence-electron chi connectivity index (χ4n) is 2.65. The molecule has 1 aliphatic rings. The van der Waals surface area contributed by atoms with Gasteiger partial charge in [-0.05, 0) is 30.7 Å². The molecule has 0 bridgehead atoms. The largest absolute Gasteiger partial charge is 0.347 e. The summed E-state index contributed by atoms with van der Waals surface area (Å²) in [6, 6.07) is 4.74. The maximum Gasteiger partial charge on any atom is 0.270 e. The molecule has 2 N–H and O–H groups in total. The number of carbonyl (C=O) groups excluding carboxylic acids is 2. The molecule has 1 aliphatic heterocycles. The average molecular weight is 395 g/mol. The van der Waals surface area contributed by atoms with Crippen molar-refractivity contribution in [1.29, 1.82) is 0 Å². The number of hydrogen-bond acceptors (Lipinski definition) is 5. The minimum atomic E-state index is -3.15. The molecule has 0 radical (unpaired) electrons. The Morgan fingerprint density at radius 3 is 2.56 bits per heavy atom. The van der Waals surface area contributed by atoms with Gasteiger partial charge < -0.3 is 10.6 Å². The van der Waals surface area contributed by atoms with Crippen molar-refractivity contribution in [3.8, 4) is 0 Å². The van der Waals surface area contributed by atoms with Gasteiger partial charge in [-0.1, -0.05) is 0 Å². The number of nitrogens with zero attached hydrogens (tertiary/aromatic N) is 1. The molecule has 7 nitrogen and oxygen atoms in total. The van der Waals surface area contributed by atoms with Crippen molar-refractivity contribution in [2.24, 2.45) is 0 Å². The number of halogens is 2. The fraction of sp³-hybridized carbons (Fsp3) is 0.235. The zero-order chi connectivity index (χ0) is 19.6. The van der Waals surface area contributed by atoms with Gasteiger partial charge in [0.1, 0.15) is 17.3 Å². The summed E-state index contributed by atoms with van der Waals surface area (Å²) in [7, 11) is -3.15. The number of hydrogen-bond donors (Lipinski definition) is 2. The van der Waals surface area contributed by atoms with Gasteiger partial charge in [-0.3, -0.25) is 14.6 Å². The molecule has 1 unspecified atom stereocenters. The number of sulfone groups is 1. The maximum absolute atomic E-state index is 13.6. The number of rotatable bonds is 4. The molecule has 27 heavy (non-hydrogen) atoms. The highest BCUT2D eigenvalue weighted by Crippen LogP contribution is 2.16. The van der Waals surface area contributed by atoms with Gasteiger partial charge >= 0.3 is 0 Å². The predicted molar refractivity (Wildman–Crippen MR) is 93.1 cm³/mol. The van der Waals surface area contributed by atoms with E-state index in [9.17, 15) is 26.8 Å². The molecular formula is C17H15F2N3O4S. The molecule has 2 amide bonds. The van der Waals surface area contributed by atoms with Crippen LogP contribution in [0.4, 0.5) is 14.5 Å². The number of carbonyl (C=O) groups is 2. The normalized spacial score (nSPS) is 18.1. The smallest absolute Gasteiger partial charge is 0.270 e. The van der Waals surface area contributed by atoms with E-state index < -0.39 is 39.3 Å². The number of nitrogens with one attached hydrogen (secondary N) is 2. The molecule has 1 saturated heterocycles. The van der Waals surface area contributed by atoms with E-state index in [1.807, 2.05) is 0 Å². The highest BCUT2D eigenvalue weighted by Gasteiger charge is 2.29. The maximum atomic E-state index is 13.6. The first-order valence-corrected chi connectivity index (χ1v) is 9.79. The summed E-state index contributed by atoms with van der Waals surface area (Å²) in [4.78, 5) is 28.4. The predicted octanol–water partition coefficient (Wildman–Crippen LogP) is 1.53. The standard InChI is InChI=1S/C17H15F2N3O4S/c18-11-1-2-14(13(19)8-11)22-16(23)10-3-5-20-15(7-10)17(24)21-12-4-6-27(25,26)9-12/h1-3,5,7-8,12H,4,6,9H2,(H,21,24)(H,22,23). The molecule has 0 spiro atoms. The second kappa shape index (κ2) is 7.39. The van der Waals surface area contributed by atoms with Gasteiger partial charge in [-0.2, -0.15) is 0 Å². The highest BCUT2D eigenvalue weighted by atomic mass is 32.2. The van der Waals surface area contributed by atoms with Crippen LogP contribution in [0.5, 0.6) is 0 Å². The summed E-state index contributed by atoms with van der Waals surface area (Å²) in [5, 5.41) is 4.85. The second-order valence-electron chi connectivity index (χ2n) is 6.08. The first kappa shape index (κ1) is 18.9. The Kier molecular flexibility index (Phi) is 5.17. The van der Waals surface area contributed by atoms with Gasteiger partial charge in [0.25, 0.3) is 11.8 Å². The number of pyridine rings is 1. The van der Waals surface area contributed by atoms with Crippen LogP contribution in [0.15, 0.2) is 36.5 Å². The monoisotopic (exact) mass is 395 g/mol. The lowest BCUT2D eigenvalue weighted by molar-refractivity contribution is 0.0936. The lowest BCUT2D eigenvalue weighted by Crippen LogP contribution is -2.36. The Labute approximate surface area is 153 Å². The van der Waals surface area contributed by atoms with E-state index >= 15 is 0 Å². The van der Waals surface area contributed by atoms with Crippen molar-refractivity contribution in [3.05, 3.63) is 59.4 Å². The summed E-state index contributed by atoms with van der Waals surface area (Å²) < 4.78 is 49.5. The molecule has 1 atom stereocenters. The van der Waals surface area contributed by atoms with Crippen molar-refractivity contribution in [2.45, 2.75) is 12.5 Å². The summed E-state index contributed by atoms with van der Waals surface area (Å²) in [5.74, 6) is -3.15. The average Bonchev–Trinajstić information content (AvgIpc) is 2.96. The van der Waals surface area contributed by atoms with Crippen LogP contribution in [0, 0.1) is 11.6 Å². The number of amides is 2. The van der Waals surface area contributed by atoms with E-state index in [2.05, 4.69) is 15.6 Å². The van der Waals surface area contributed by atoms with Gasteiger partial charge in [0.15, 0.2) is 9.84 Å². The molecule has 1 fully saturated rings. The number of anilines is 1. The minimum Gasteiger partial charge on any atom is -0.347 e. The van der Waals surface area contributed by atoms with Crippen molar-refractivity contribution in [1.82, 2.24) is 10.3 Å². The Hall–Kier alpha value is -2.88. The molecule has 10 heteroatoms. The zero-order valence-corrected chi connectivity index (χ0v) is 14.7. The van der Waals surface area contributed by atoms with Crippen LogP contribution < -0.4 is 10.6 Å². The van der Waals surface area contributed by atoms with Crippen molar-refractivity contribution in [3.63, 3.8) is 0 Å². The molecule has 3 rings (SSSR count). The van der Waals surface area contributed by atoms with Gasteiger partial charge in [-0.25, -0.2) is 17.2 Å². The van der Waals surface area contributed by atoms with Crippen LogP contribution in [0.3, 0.4) is 0 Å². The topological polar surface area (TPSA) is 105 Å². The summed E-state index contributed by atoms with van der Waals surface area (Å²) in [5.41, 5.74) is -0.246. The minimum absolute atomic E-state index is 0.0110. The fourth-order valence-corrected chi connectivity index (χ4v) is 4.32. The van der Waals surface area contributed by atoms with E-state index in [1.54, 1.807) is 0 Å². The van der Waals surface area contributed by atoms with Crippen LogP contribution in [0.25, 0.3) is 0 Å². The van der Waals surface area contributed by atoms with Gasteiger partial charge in [-0.15, -0.1) is 0 Å². The van der Waals surface area contributed by atoms with E-state index in [0.717, 1.165) is 12.1 Å². The summed E-state index contributed by atoms with van der Waals surface area (Å²) in [6.45, 7) is 0. The van der Waals surface area contributed by atoms with Crippen molar-refractivity contribution < 1.29 is 26.8 Å². The number of aromatic nitrogens is 1. The van der Waals surface area contributed by atoms with Crippen LogP contribution in [0.1, 0.15) is 27.3 Å². The van der Waals surface area contributed by atoms with Crippen LogP contribution in [-0.2, 0) is 9.84 Å². The van der Waals surface area contributed by atoms with Gasteiger partial charge in [0.2, 0.25) is 0 Å². The lowest BCUT2D eigenvalue weighted by atomic mass is 10.2. The Morgan fingerprint density at radius 2 is 1.89 bits per heavy atom. The lowest BCUT2D eigenvalue weighted by Gasteiger charge is -2.11. The van der Waals surface area contributed by atoms with Gasteiger partial charge in [0.05, 0.1) is 17.2 Å². The summed E-state index contributed by atoms with van der Waals surface area (Å²) >= 11 is 0. The number of benzene rings is 1. The highest BCUT2D eigenvalue weighted by molar-refractivity contribution is 7.91. The van der Waals surface area contributed by atoms with Crippen LogP contribution in [-0.4, -0.2) is 42.8 Å². The molecule has 142 valence electrons.